The highest BCUT2D eigenvalue weighted by Crippen LogP contribution is 2.54. The standard InChI is InChI=1S/C19H27NO4S/c1-3-10-18(25(21,22)15-7-5-4-6-8-15)14-17-19(23-12-13-24-19)11-9-16(18)20(17)2/h4-8,16-17H,3,9-14H2,1-2H3/t16-,17-,18?/m1/s1. The van der Waals surface area contributed by atoms with Crippen molar-refractivity contribution in [2.45, 2.75) is 66.5 Å². The Morgan fingerprint density at radius 2 is 1.84 bits per heavy atom. The van der Waals surface area contributed by atoms with E-state index >= 15 is 0 Å². The predicted molar refractivity (Wildman–Crippen MR) is 95.1 cm³/mol. The molecule has 0 N–H and O–H groups in total. The molecule has 3 heterocycles. The largest absolute Gasteiger partial charge is 0.346 e. The Bertz CT molecular complexity index is 729. The number of piperidine rings is 1. The molecule has 2 bridgehead atoms. The van der Waals surface area contributed by atoms with E-state index in [9.17, 15) is 8.42 Å². The van der Waals surface area contributed by atoms with Crippen molar-refractivity contribution in [3.05, 3.63) is 30.3 Å². The summed E-state index contributed by atoms with van der Waals surface area (Å²) in [6.07, 6.45) is 3.67. The molecule has 1 spiro atoms. The number of rotatable bonds is 4. The third kappa shape index (κ3) is 2.34. The molecular formula is C19H27NO4S. The summed E-state index contributed by atoms with van der Waals surface area (Å²) in [5, 5.41) is 0. The number of ether oxygens (including phenoxy) is 2. The van der Waals surface area contributed by atoms with Gasteiger partial charge in [-0.25, -0.2) is 8.42 Å². The Morgan fingerprint density at radius 3 is 2.48 bits per heavy atom. The van der Waals surface area contributed by atoms with Crippen molar-refractivity contribution in [1.29, 1.82) is 0 Å². The van der Waals surface area contributed by atoms with E-state index in [4.69, 9.17) is 9.47 Å². The van der Waals surface area contributed by atoms with Crippen LogP contribution < -0.4 is 0 Å². The molecule has 138 valence electrons. The van der Waals surface area contributed by atoms with Crippen LogP contribution in [0.1, 0.15) is 39.0 Å². The van der Waals surface area contributed by atoms with E-state index in [1.54, 1.807) is 12.1 Å². The fourth-order valence-corrected chi connectivity index (χ4v) is 7.87. The first-order valence-electron chi connectivity index (χ1n) is 9.26. The van der Waals surface area contributed by atoms with Crippen molar-refractivity contribution >= 4 is 9.84 Å². The van der Waals surface area contributed by atoms with E-state index in [0.717, 1.165) is 19.3 Å². The number of nitrogens with zero attached hydrogens (tertiary/aromatic N) is 1. The summed E-state index contributed by atoms with van der Waals surface area (Å²) in [5.41, 5.74) is 0. The molecule has 3 fully saturated rings. The Kier molecular flexibility index (Phi) is 4.22. The summed E-state index contributed by atoms with van der Waals surface area (Å²) in [7, 11) is -1.41. The highest BCUT2D eigenvalue weighted by molar-refractivity contribution is 7.93. The lowest BCUT2D eigenvalue weighted by molar-refractivity contribution is -0.215. The normalized spacial score (nSPS) is 34.6. The first-order valence-corrected chi connectivity index (χ1v) is 10.7. The zero-order chi connectivity index (χ0) is 17.7. The SMILES string of the molecule is CCCC1(S(=O)(=O)c2ccccc2)C[C@H]2N(C)[C@@H]1CCC21OCCO1. The summed E-state index contributed by atoms with van der Waals surface area (Å²) in [6, 6.07) is 8.95. The zero-order valence-electron chi connectivity index (χ0n) is 15.0. The van der Waals surface area contributed by atoms with E-state index < -0.39 is 20.4 Å². The van der Waals surface area contributed by atoms with Crippen molar-refractivity contribution in [3.8, 4) is 0 Å². The van der Waals surface area contributed by atoms with Gasteiger partial charge in [-0.2, -0.15) is 0 Å². The molecule has 3 aliphatic rings. The molecule has 3 aliphatic heterocycles. The molecule has 0 saturated carbocycles. The van der Waals surface area contributed by atoms with Crippen LogP contribution in [-0.2, 0) is 19.3 Å². The minimum Gasteiger partial charge on any atom is -0.346 e. The summed E-state index contributed by atoms with van der Waals surface area (Å²) >= 11 is 0. The van der Waals surface area contributed by atoms with Gasteiger partial charge in [0.2, 0.25) is 0 Å². The second-order valence-electron chi connectivity index (χ2n) is 7.58. The lowest BCUT2D eigenvalue weighted by Gasteiger charge is -2.44. The van der Waals surface area contributed by atoms with Crippen LogP contribution in [0, 0.1) is 0 Å². The lowest BCUT2D eigenvalue weighted by atomic mass is 9.92. The molecule has 3 atom stereocenters. The van der Waals surface area contributed by atoms with Crippen LogP contribution in [0.25, 0.3) is 0 Å². The van der Waals surface area contributed by atoms with Crippen molar-refractivity contribution in [2.75, 3.05) is 20.3 Å². The third-order valence-corrected chi connectivity index (χ3v) is 9.05. The molecular weight excluding hydrogens is 338 g/mol. The summed E-state index contributed by atoms with van der Waals surface area (Å²) in [4.78, 5) is 2.66. The molecule has 0 aliphatic carbocycles. The van der Waals surface area contributed by atoms with Gasteiger partial charge in [0.05, 0.1) is 28.9 Å². The molecule has 25 heavy (non-hydrogen) atoms. The molecule has 1 unspecified atom stereocenters. The Morgan fingerprint density at radius 1 is 1.16 bits per heavy atom. The van der Waals surface area contributed by atoms with E-state index in [0.29, 0.717) is 31.0 Å². The maximum absolute atomic E-state index is 13.7. The Hall–Kier alpha value is -0.950. The van der Waals surface area contributed by atoms with Gasteiger partial charge < -0.3 is 9.47 Å². The van der Waals surface area contributed by atoms with Crippen molar-refractivity contribution < 1.29 is 17.9 Å². The fourth-order valence-electron chi connectivity index (χ4n) is 5.39. The van der Waals surface area contributed by atoms with E-state index in [-0.39, 0.29) is 12.1 Å². The third-order valence-electron chi connectivity index (χ3n) is 6.44. The van der Waals surface area contributed by atoms with Gasteiger partial charge in [-0.05, 0) is 38.4 Å². The molecule has 5 nitrogen and oxygen atoms in total. The van der Waals surface area contributed by atoms with Gasteiger partial charge in [0.15, 0.2) is 15.6 Å². The fraction of sp³-hybridized carbons (Fsp3) is 0.684. The molecule has 3 saturated heterocycles. The van der Waals surface area contributed by atoms with Gasteiger partial charge in [0, 0.05) is 12.5 Å². The van der Waals surface area contributed by atoms with Crippen LogP contribution in [-0.4, -0.2) is 56.2 Å². The maximum atomic E-state index is 13.7. The van der Waals surface area contributed by atoms with Crippen LogP contribution in [0.2, 0.25) is 0 Å². The highest BCUT2D eigenvalue weighted by Gasteiger charge is 2.66. The van der Waals surface area contributed by atoms with E-state index in [1.807, 2.05) is 25.2 Å². The average Bonchev–Trinajstić information content (AvgIpc) is 3.14. The first kappa shape index (κ1) is 17.5. The first-order chi connectivity index (χ1) is 12.0. The predicted octanol–water partition coefficient (Wildman–Crippen LogP) is 2.61. The summed E-state index contributed by atoms with van der Waals surface area (Å²) < 4.78 is 38.7. The summed E-state index contributed by atoms with van der Waals surface area (Å²) in [5.74, 6) is -0.618. The van der Waals surface area contributed by atoms with Gasteiger partial charge in [-0.3, -0.25) is 4.90 Å². The molecule has 4 rings (SSSR count). The van der Waals surface area contributed by atoms with Gasteiger partial charge in [-0.15, -0.1) is 0 Å². The van der Waals surface area contributed by atoms with Crippen LogP contribution >= 0.6 is 0 Å². The van der Waals surface area contributed by atoms with Gasteiger partial charge in [0.1, 0.15) is 0 Å². The zero-order valence-corrected chi connectivity index (χ0v) is 15.8. The molecule has 6 heteroatoms. The highest BCUT2D eigenvalue weighted by atomic mass is 32.2. The Labute approximate surface area is 150 Å². The summed E-state index contributed by atoms with van der Waals surface area (Å²) in [6.45, 7) is 3.27. The number of benzene rings is 1. The number of hydrogen-bond donors (Lipinski definition) is 0. The van der Waals surface area contributed by atoms with Crippen molar-refractivity contribution in [3.63, 3.8) is 0 Å². The van der Waals surface area contributed by atoms with E-state index in [2.05, 4.69) is 11.8 Å². The van der Waals surface area contributed by atoms with Crippen molar-refractivity contribution in [1.82, 2.24) is 4.90 Å². The van der Waals surface area contributed by atoms with E-state index in [1.165, 1.54) is 0 Å². The van der Waals surface area contributed by atoms with Crippen LogP contribution in [0.4, 0.5) is 0 Å². The van der Waals surface area contributed by atoms with Crippen molar-refractivity contribution in [2.24, 2.45) is 0 Å². The molecule has 0 amide bonds. The number of sulfone groups is 1. The lowest BCUT2D eigenvalue weighted by Crippen LogP contribution is -2.56. The second kappa shape index (κ2) is 6.05. The smallest absolute Gasteiger partial charge is 0.185 e. The molecule has 0 radical (unpaired) electrons. The van der Waals surface area contributed by atoms with Gasteiger partial charge >= 0.3 is 0 Å². The van der Waals surface area contributed by atoms with Gasteiger partial charge in [0.25, 0.3) is 0 Å². The second-order valence-corrected chi connectivity index (χ2v) is 9.87. The topological polar surface area (TPSA) is 55.8 Å². The molecule has 1 aromatic rings. The minimum atomic E-state index is -3.45. The monoisotopic (exact) mass is 365 g/mol. The molecule has 1 aromatic carbocycles. The number of fused-ring (bicyclic) bond motifs is 3. The number of hydrogen-bond acceptors (Lipinski definition) is 5. The average molecular weight is 365 g/mol. The Balaban J connectivity index is 1.80. The minimum absolute atomic E-state index is 0.00112. The number of likely N-dealkylation sites (N-methyl/N-ethyl adjacent to an activating group) is 1. The van der Waals surface area contributed by atoms with Crippen LogP contribution in [0.5, 0.6) is 0 Å². The maximum Gasteiger partial charge on any atom is 0.185 e. The molecule has 0 aromatic heterocycles. The quantitative estimate of drug-likeness (QED) is 0.821. The van der Waals surface area contributed by atoms with Crippen LogP contribution in [0.15, 0.2) is 35.2 Å². The van der Waals surface area contributed by atoms with Gasteiger partial charge in [-0.1, -0.05) is 31.5 Å². The van der Waals surface area contributed by atoms with Crippen LogP contribution in [0.3, 0.4) is 0 Å².